The first-order valence-electron chi connectivity index (χ1n) is 6.32. The van der Waals surface area contributed by atoms with Crippen LogP contribution in [0.25, 0.3) is 0 Å². The van der Waals surface area contributed by atoms with Gasteiger partial charge in [-0.2, -0.15) is 20.8 Å². The predicted molar refractivity (Wildman–Crippen MR) is 85.1 cm³/mol. The summed E-state index contributed by atoms with van der Waals surface area (Å²) >= 11 is 11.7. The third-order valence-electron chi connectivity index (χ3n) is 2.89. The molecule has 0 spiro atoms. The molecule has 0 aromatic heterocycles. The second kappa shape index (κ2) is 7.04. The Morgan fingerprint density at radius 2 is 1.64 bits per heavy atom. The number of nitriles is 2. The molecular formula is C16H10Cl2N4. The van der Waals surface area contributed by atoms with Crippen LogP contribution in [0.1, 0.15) is 5.56 Å². The lowest BCUT2D eigenvalue weighted by Crippen LogP contribution is -2.24. The van der Waals surface area contributed by atoms with E-state index in [0.717, 1.165) is 5.56 Å². The molecule has 22 heavy (non-hydrogen) atoms. The fraction of sp³-hybridized carbons (Fsp3) is 0.125. The molecule has 0 saturated heterocycles. The summed E-state index contributed by atoms with van der Waals surface area (Å²) in [5.74, 6) is 0. The zero-order chi connectivity index (χ0) is 16.0. The fourth-order valence-electron chi connectivity index (χ4n) is 1.76. The van der Waals surface area contributed by atoms with E-state index in [9.17, 15) is 10.5 Å². The Kier molecular flexibility index (Phi) is 5.12. The van der Waals surface area contributed by atoms with Gasteiger partial charge in [-0.1, -0.05) is 41.4 Å². The maximum absolute atomic E-state index is 9.35. The molecule has 0 radical (unpaired) electrons. The van der Waals surface area contributed by atoms with E-state index in [4.69, 9.17) is 23.2 Å². The second-order valence-electron chi connectivity index (χ2n) is 4.57. The molecule has 0 N–H and O–H groups in total. The van der Waals surface area contributed by atoms with Gasteiger partial charge < -0.3 is 0 Å². The molecule has 0 unspecified atom stereocenters. The Morgan fingerprint density at radius 1 is 0.955 bits per heavy atom. The summed E-state index contributed by atoms with van der Waals surface area (Å²) in [6.45, 7) is 0. The molecule has 0 heterocycles. The van der Waals surface area contributed by atoms with E-state index in [0.29, 0.717) is 15.7 Å². The minimum atomic E-state index is -1.59. The zero-order valence-corrected chi connectivity index (χ0v) is 12.9. The standard InChI is InChI=1S/C16H10Cl2N4/c17-13-6-4-12(5-7-13)9-16(10-19,11-20)22-21-15-3-1-2-14(18)8-15/h1-8H,9H2. The topological polar surface area (TPSA) is 72.3 Å². The van der Waals surface area contributed by atoms with E-state index >= 15 is 0 Å². The molecule has 108 valence electrons. The van der Waals surface area contributed by atoms with Crippen LogP contribution in [0, 0.1) is 22.7 Å². The van der Waals surface area contributed by atoms with Crippen LogP contribution in [-0.4, -0.2) is 5.54 Å². The van der Waals surface area contributed by atoms with Gasteiger partial charge in [-0.05, 0) is 35.9 Å². The highest BCUT2D eigenvalue weighted by molar-refractivity contribution is 6.31. The summed E-state index contributed by atoms with van der Waals surface area (Å²) in [4.78, 5) is 0. The minimum absolute atomic E-state index is 0.126. The van der Waals surface area contributed by atoms with E-state index < -0.39 is 5.54 Å². The number of nitrogens with zero attached hydrogens (tertiary/aromatic N) is 4. The summed E-state index contributed by atoms with van der Waals surface area (Å²) in [6, 6.07) is 17.5. The number of benzene rings is 2. The van der Waals surface area contributed by atoms with E-state index in [2.05, 4.69) is 10.2 Å². The molecule has 0 aliphatic rings. The van der Waals surface area contributed by atoms with E-state index in [1.165, 1.54) is 0 Å². The zero-order valence-electron chi connectivity index (χ0n) is 11.4. The molecule has 2 rings (SSSR count). The number of azo groups is 1. The van der Waals surface area contributed by atoms with Crippen LogP contribution in [0.2, 0.25) is 10.0 Å². The highest BCUT2D eigenvalue weighted by atomic mass is 35.5. The SMILES string of the molecule is N#CC(C#N)(Cc1ccc(Cl)cc1)N=Nc1cccc(Cl)c1. The molecule has 2 aromatic carbocycles. The quantitative estimate of drug-likeness (QED) is 0.732. The van der Waals surface area contributed by atoms with Gasteiger partial charge in [0, 0.05) is 16.5 Å². The molecular weight excluding hydrogens is 319 g/mol. The van der Waals surface area contributed by atoms with Crippen LogP contribution in [0.5, 0.6) is 0 Å². The van der Waals surface area contributed by atoms with Gasteiger partial charge in [0.15, 0.2) is 0 Å². The average Bonchev–Trinajstić information content (AvgIpc) is 2.54. The number of rotatable bonds is 4. The predicted octanol–water partition coefficient (Wildman–Crippen LogP) is 5.11. The molecule has 4 nitrogen and oxygen atoms in total. The van der Waals surface area contributed by atoms with Crippen LogP contribution in [0.4, 0.5) is 5.69 Å². The lowest BCUT2D eigenvalue weighted by molar-refractivity contribution is 0.645. The fourth-order valence-corrected chi connectivity index (χ4v) is 2.07. The number of hydrogen-bond donors (Lipinski definition) is 0. The maximum Gasteiger partial charge on any atom is 0.256 e. The molecule has 2 aromatic rings. The van der Waals surface area contributed by atoms with Crippen molar-refractivity contribution in [1.29, 1.82) is 10.5 Å². The average molecular weight is 329 g/mol. The normalized spacial score (nSPS) is 11.1. The van der Waals surface area contributed by atoms with Crippen molar-refractivity contribution in [2.24, 2.45) is 10.2 Å². The van der Waals surface area contributed by atoms with Crippen molar-refractivity contribution in [3.05, 3.63) is 64.1 Å². The molecule has 0 bridgehead atoms. The van der Waals surface area contributed by atoms with Crippen molar-refractivity contribution in [2.75, 3.05) is 0 Å². The van der Waals surface area contributed by atoms with Crippen molar-refractivity contribution in [1.82, 2.24) is 0 Å². The first kappa shape index (κ1) is 16.0. The molecule has 0 saturated carbocycles. The van der Waals surface area contributed by atoms with Crippen LogP contribution < -0.4 is 0 Å². The highest BCUT2D eigenvalue weighted by Crippen LogP contribution is 2.23. The number of halogens is 2. The smallest absolute Gasteiger partial charge is 0.194 e. The van der Waals surface area contributed by atoms with Crippen molar-refractivity contribution in [3.63, 3.8) is 0 Å². The van der Waals surface area contributed by atoms with Crippen LogP contribution in [0.3, 0.4) is 0 Å². The van der Waals surface area contributed by atoms with Crippen LogP contribution >= 0.6 is 23.2 Å². The summed E-state index contributed by atoms with van der Waals surface area (Å²) in [6.07, 6.45) is 0.126. The van der Waals surface area contributed by atoms with Crippen molar-refractivity contribution >= 4 is 28.9 Å². The van der Waals surface area contributed by atoms with Gasteiger partial charge >= 0.3 is 0 Å². The second-order valence-corrected chi connectivity index (χ2v) is 5.44. The van der Waals surface area contributed by atoms with Crippen molar-refractivity contribution < 1.29 is 0 Å². The van der Waals surface area contributed by atoms with Crippen LogP contribution in [0.15, 0.2) is 58.8 Å². The molecule has 6 heteroatoms. The van der Waals surface area contributed by atoms with Gasteiger partial charge in [-0.25, -0.2) is 0 Å². The minimum Gasteiger partial charge on any atom is -0.194 e. The first-order chi connectivity index (χ1) is 10.6. The van der Waals surface area contributed by atoms with Crippen molar-refractivity contribution in [2.45, 2.75) is 12.0 Å². The Hall–Kier alpha value is -2.40. The molecule has 0 atom stereocenters. The largest absolute Gasteiger partial charge is 0.256 e. The van der Waals surface area contributed by atoms with E-state index in [-0.39, 0.29) is 6.42 Å². The third-order valence-corrected chi connectivity index (χ3v) is 3.37. The maximum atomic E-state index is 9.35. The summed E-state index contributed by atoms with van der Waals surface area (Å²) < 4.78 is 0. The third kappa shape index (κ3) is 4.05. The van der Waals surface area contributed by atoms with E-state index in [1.54, 1.807) is 48.5 Å². The Bertz CT molecular complexity index is 756. The number of hydrogen-bond acceptors (Lipinski definition) is 4. The Morgan fingerprint density at radius 3 is 2.23 bits per heavy atom. The summed E-state index contributed by atoms with van der Waals surface area (Å²) in [5, 5.41) is 27.7. The Labute approximate surface area is 138 Å². The van der Waals surface area contributed by atoms with Gasteiger partial charge in [0.1, 0.15) is 12.1 Å². The molecule has 0 amide bonds. The van der Waals surface area contributed by atoms with Gasteiger partial charge in [0.25, 0.3) is 5.54 Å². The lowest BCUT2D eigenvalue weighted by Gasteiger charge is -2.12. The summed E-state index contributed by atoms with van der Waals surface area (Å²) in [5.41, 5.74) is -0.327. The van der Waals surface area contributed by atoms with Crippen LogP contribution in [-0.2, 0) is 6.42 Å². The highest BCUT2D eigenvalue weighted by Gasteiger charge is 2.30. The lowest BCUT2D eigenvalue weighted by atomic mass is 9.95. The first-order valence-corrected chi connectivity index (χ1v) is 7.08. The Balaban J connectivity index is 2.27. The molecule has 0 aliphatic heterocycles. The van der Waals surface area contributed by atoms with Gasteiger partial charge in [-0.15, -0.1) is 0 Å². The van der Waals surface area contributed by atoms with Gasteiger partial charge in [0.05, 0.1) is 5.69 Å². The monoisotopic (exact) mass is 328 g/mol. The van der Waals surface area contributed by atoms with Gasteiger partial charge in [-0.3, -0.25) is 0 Å². The van der Waals surface area contributed by atoms with Gasteiger partial charge in [0.2, 0.25) is 0 Å². The van der Waals surface area contributed by atoms with E-state index in [1.807, 2.05) is 12.1 Å². The summed E-state index contributed by atoms with van der Waals surface area (Å²) in [7, 11) is 0. The molecule has 0 fully saturated rings. The molecule has 0 aliphatic carbocycles. The van der Waals surface area contributed by atoms with Crippen molar-refractivity contribution in [3.8, 4) is 12.1 Å².